The molecule has 0 saturated heterocycles. The van der Waals surface area contributed by atoms with Crippen molar-refractivity contribution in [3.05, 3.63) is 53.6 Å². The van der Waals surface area contributed by atoms with Gasteiger partial charge in [-0.15, -0.1) is 0 Å². The van der Waals surface area contributed by atoms with E-state index in [0.717, 1.165) is 5.69 Å². The summed E-state index contributed by atoms with van der Waals surface area (Å²) in [4.78, 5) is 19.9. The SMILES string of the molecule is Cc1cc(CNC(=O)c2ccc(S(N)(=O)=O)cc2)ncn1. The van der Waals surface area contributed by atoms with Crippen molar-refractivity contribution in [2.45, 2.75) is 18.4 Å². The van der Waals surface area contributed by atoms with Gasteiger partial charge in [-0.3, -0.25) is 4.79 Å². The Hall–Kier alpha value is -2.32. The van der Waals surface area contributed by atoms with Crippen LogP contribution < -0.4 is 10.5 Å². The molecule has 0 unspecified atom stereocenters. The van der Waals surface area contributed by atoms with Crippen molar-refractivity contribution in [2.75, 3.05) is 0 Å². The van der Waals surface area contributed by atoms with E-state index in [1.807, 2.05) is 6.92 Å². The number of carbonyl (C=O) groups excluding carboxylic acids is 1. The number of primary sulfonamides is 1. The first kappa shape index (κ1) is 15.1. The van der Waals surface area contributed by atoms with Crippen molar-refractivity contribution < 1.29 is 13.2 Å². The molecule has 0 spiro atoms. The number of amides is 1. The van der Waals surface area contributed by atoms with E-state index in [-0.39, 0.29) is 17.3 Å². The van der Waals surface area contributed by atoms with Gasteiger partial charge in [0.05, 0.1) is 17.1 Å². The van der Waals surface area contributed by atoms with Crippen LogP contribution in [0.25, 0.3) is 0 Å². The Morgan fingerprint density at radius 3 is 2.48 bits per heavy atom. The molecule has 8 heteroatoms. The monoisotopic (exact) mass is 306 g/mol. The van der Waals surface area contributed by atoms with Gasteiger partial charge in [-0.25, -0.2) is 23.5 Å². The number of rotatable bonds is 4. The summed E-state index contributed by atoms with van der Waals surface area (Å²) in [5.41, 5.74) is 1.84. The van der Waals surface area contributed by atoms with Crippen molar-refractivity contribution >= 4 is 15.9 Å². The van der Waals surface area contributed by atoms with Crippen molar-refractivity contribution in [1.82, 2.24) is 15.3 Å². The smallest absolute Gasteiger partial charge is 0.251 e. The summed E-state index contributed by atoms with van der Waals surface area (Å²) in [6, 6.07) is 7.16. The van der Waals surface area contributed by atoms with Crippen LogP contribution in [0.5, 0.6) is 0 Å². The molecule has 0 aliphatic heterocycles. The zero-order chi connectivity index (χ0) is 15.5. The number of nitrogens with one attached hydrogen (secondary N) is 1. The number of hydrogen-bond acceptors (Lipinski definition) is 5. The molecule has 0 radical (unpaired) electrons. The molecule has 0 bridgehead atoms. The molecule has 0 atom stereocenters. The van der Waals surface area contributed by atoms with Gasteiger partial charge in [0.1, 0.15) is 6.33 Å². The molecule has 3 N–H and O–H groups in total. The van der Waals surface area contributed by atoms with Crippen LogP contribution in [0.1, 0.15) is 21.7 Å². The minimum atomic E-state index is -3.75. The summed E-state index contributed by atoms with van der Waals surface area (Å²) < 4.78 is 22.2. The second kappa shape index (κ2) is 5.98. The molecular formula is C13H14N4O3S. The molecule has 2 aromatic rings. The number of benzene rings is 1. The molecule has 7 nitrogen and oxygen atoms in total. The summed E-state index contributed by atoms with van der Waals surface area (Å²) in [6.07, 6.45) is 1.43. The molecule has 0 fully saturated rings. The summed E-state index contributed by atoms with van der Waals surface area (Å²) >= 11 is 0. The highest BCUT2D eigenvalue weighted by Gasteiger charge is 2.10. The average Bonchev–Trinajstić information content (AvgIpc) is 2.44. The number of nitrogens with two attached hydrogens (primary N) is 1. The van der Waals surface area contributed by atoms with Gasteiger partial charge < -0.3 is 5.32 Å². The first-order valence-corrected chi connectivity index (χ1v) is 7.59. The maximum atomic E-state index is 11.9. The van der Waals surface area contributed by atoms with E-state index in [1.165, 1.54) is 30.6 Å². The summed E-state index contributed by atoms with van der Waals surface area (Å²) in [6.45, 7) is 2.10. The molecule has 0 aliphatic carbocycles. The zero-order valence-corrected chi connectivity index (χ0v) is 12.1. The number of aryl methyl sites for hydroxylation is 1. The Bertz CT molecular complexity index is 757. The fourth-order valence-electron chi connectivity index (χ4n) is 1.68. The Kier molecular flexibility index (Phi) is 4.29. The van der Waals surface area contributed by atoms with E-state index in [9.17, 15) is 13.2 Å². The lowest BCUT2D eigenvalue weighted by molar-refractivity contribution is 0.0950. The third-order valence-electron chi connectivity index (χ3n) is 2.74. The standard InChI is InChI=1S/C13H14N4O3S/c1-9-6-11(17-8-16-9)7-15-13(18)10-2-4-12(5-3-10)21(14,19)20/h2-6,8H,7H2,1H3,(H,15,18)(H2,14,19,20). The number of nitrogens with zero attached hydrogens (tertiary/aromatic N) is 2. The van der Waals surface area contributed by atoms with E-state index in [4.69, 9.17) is 5.14 Å². The Labute approximate surface area is 122 Å². The van der Waals surface area contributed by atoms with Crippen LogP contribution in [0.3, 0.4) is 0 Å². The predicted molar refractivity (Wildman–Crippen MR) is 75.8 cm³/mol. The predicted octanol–water partition coefficient (Wildman–Crippen LogP) is 0.362. The molecular weight excluding hydrogens is 292 g/mol. The van der Waals surface area contributed by atoms with Gasteiger partial charge in [0.15, 0.2) is 0 Å². The van der Waals surface area contributed by atoms with Gasteiger partial charge >= 0.3 is 0 Å². The Morgan fingerprint density at radius 1 is 1.24 bits per heavy atom. The van der Waals surface area contributed by atoms with Gasteiger partial charge in [-0.2, -0.15) is 0 Å². The Morgan fingerprint density at radius 2 is 1.90 bits per heavy atom. The van der Waals surface area contributed by atoms with Crippen LogP contribution in [-0.4, -0.2) is 24.3 Å². The van der Waals surface area contributed by atoms with Crippen LogP contribution in [-0.2, 0) is 16.6 Å². The van der Waals surface area contributed by atoms with E-state index in [2.05, 4.69) is 15.3 Å². The lowest BCUT2D eigenvalue weighted by Gasteiger charge is -2.06. The van der Waals surface area contributed by atoms with E-state index >= 15 is 0 Å². The number of carbonyl (C=O) groups is 1. The topological polar surface area (TPSA) is 115 Å². The molecule has 1 aromatic heterocycles. The van der Waals surface area contributed by atoms with E-state index in [1.54, 1.807) is 6.07 Å². The van der Waals surface area contributed by atoms with E-state index < -0.39 is 10.0 Å². The number of sulfonamides is 1. The van der Waals surface area contributed by atoms with Gasteiger partial charge in [0.25, 0.3) is 5.91 Å². The van der Waals surface area contributed by atoms with Gasteiger partial charge in [0.2, 0.25) is 10.0 Å². The zero-order valence-electron chi connectivity index (χ0n) is 11.3. The average molecular weight is 306 g/mol. The minimum absolute atomic E-state index is 0.0366. The molecule has 1 amide bonds. The number of aromatic nitrogens is 2. The fourth-order valence-corrected chi connectivity index (χ4v) is 2.19. The maximum absolute atomic E-state index is 11.9. The second-order valence-corrected chi connectivity index (χ2v) is 5.96. The minimum Gasteiger partial charge on any atom is -0.346 e. The van der Waals surface area contributed by atoms with Gasteiger partial charge in [-0.05, 0) is 37.3 Å². The van der Waals surface area contributed by atoms with Gasteiger partial charge in [-0.1, -0.05) is 0 Å². The molecule has 0 saturated carbocycles. The largest absolute Gasteiger partial charge is 0.346 e. The highest BCUT2D eigenvalue weighted by molar-refractivity contribution is 7.89. The van der Waals surface area contributed by atoms with Crippen molar-refractivity contribution in [1.29, 1.82) is 0 Å². The van der Waals surface area contributed by atoms with Crippen molar-refractivity contribution in [2.24, 2.45) is 5.14 Å². The van der Waals surface area contributed by atoms with Gasteiger partial charge in [0, 0.05) is 11.3 Å². The van der Waals surface area contributed by atoms with Crippen molar-refractivity contribution in [3.8, 4) is 0 Å². The number of hydrogen-bond donors (Lipinski definition) is 2. The lowest BCUT2D eigenvalue weighted by Crippen LogP contribution is -2.23. The molecule has 110 valence electrons. The first-order valence-electron chi connectivity index (χ1n) is 6.05. The summed E-state index contributed by atoms with van der Waals surface area (Å²) in [7, 11) is -3.75. The van der Waals surface area contributed by atoms with Crippen LogP contribution in [0.4, 0.5) is 0 Å². The quantitative estimate of drug-likeness (QED) is 0.846. The van der Waals surface area contributed by atoms with E-state index in [0.29, 0.717) is 11.3 Å². The fraction of sp³-hybridized carbons (Fsp3) is 0.154. The normalized spacial score (nSPS) is 11.1. The van der Waals surface area contributed by atoms with Crippen LogP contribution >= 0.6 is 0 Å². The molecule has 2 rings (SSSR count). The summed E-state index contributed by atoms with van der Waals surface area (Å²) in [5, 5.41) is 7.68. The third-order valence-corrected chi connectivity index (χ3v) is 3.66. The van der Waals surface area contributed by atoms with Crippen LogP contribution in [0.2, 0.25) is 0 Å². The highest BCUT2D eigenvalue weighted by atomic mass is 32.2. The molecule has 0 aliphatic rings. The van der Waals surface area contributed by atoms with Crippen molar-refractivity contribution in [3.63, 3.8) is 0 Å². The lowest BCUT2D eigenvalue weighted by atomic mass is 10.2. The maximum Gasteiger partial charge on any atom is 0.251 e. The van der Waals surface area contributed by atoms with Crippen LogP contribution in [0.15, 0.2) is 41.6 Å². The second-order valence-electron chi connectivity index (χ2n) is 4.40. The molecule has 21 heavy (non-hydrogen) atoms. The highest BCUT2D eigenvalue weighted by Crippen LogP contribution is 2.08. The molecule has 1 heterocycles. The Balaban J connectivity index is 2.04. The van der Waals surface area contributed by atoms with Crippen LogP contribution in [0, 0.1) is 6.92 Å². The third kappa shape index (κ3) is 4.07. The summed E-state index contributed by atoms with van der Waals surface area (Å²) in [5.74, 6) is -0.327. The first-order chi connectivity index (χ1) is 9.86. The molecule has 1 aromatic carbocycles.